The number of fused-ring (bicyclic) bond motifs is 4. The van der Waals surface area contributed by atoms with Crippen LogP contribution in [-0.4, -0.2) is 19.2 Å². The van der Waals surface area contributed by atoms with Crippen LogP contribution in [0.3, 0.4) is 0 Å². The molecule has 0 atom stereocenters. The third-order valence-electron chi connectivity index (χ3n) is 8.81. The molecule has 0 radical (unpaired) electrons. The number of aromatic nitrogens is 4. The zero-order valence-corrected chi connectivity index (χ0v) is 25.0. The van der Waals surface area contributed by atoms with Crippen molar-refractivity contribution >= 4 is 27.3 Å². The van der Waals surface area contributed by atoms with E-state index in [2.05, 4.69) is 161 Å². The molecule has 0 bridgehead atoms. The molecule has 4 nitrogen and oxygen atoms in total. The number of nitrogens with zero attached hydrogens (tertiary/aromatic N) is 4. The first-order valence-electron chi connectivity index (χ1n) is 15.5. The summed E-state index contributed by atoms with van der Waals surface area (Å²) in [5, 5.41) is 7.41. The molecule has 46 heavy (non-hydrogen) atoms. The maximum atomic E-state index is 5.10. The smallest absolute Gasteiger partial charge is 0.145 e. The molecule has 9 aromatic rings. The van der Waals surface area contributed by atoms with E-state index in [0.29, 0.717) is 0 Å². The predicted octanol–water partition coefficient (Wildman–Crippen LogP) is 10.5. The third-order valence-corrected chi connectivity index (χ3v) is 8.81. The van der Waals surface area contributed by atoms with Gasteiger partial charge in [-0.05, 0) is 40.8 Å². The monoisotopic (exact) mass is 588 g/mol. The van der Waals surface area contributed by atoms with Crippen LogP contribution in [-0.2, 0) is 0 Å². The lowest BCUT2D eigenvalue weighted by molar-refractivity contribution is 0.976. The molecule has 0 saturated carbocycles. The van der Waals surface area contributed by atoms with Crippen molar-refractivity contribution in [2.75, 3.05) is 0 Å². The van der Waals surface area contributed by atoms with Crippen LogP contribution in [0.5, 0.6) is 0 Å². The lowest BCUT2D eigenvalue weighted by Gasteiger charge is -2.18. The Labute approximate surface area is 266 Å². The number of benzene rings is 6. The zero-order valence-electron chi connectivity index (χ0n) is 25.0. The fourth-order valence-electron chi connectivity index (χ4n) is 6.75. The van der Waals surface area contributed by atoms with Crippen LogP contribution in [0.2, 0.25) is 0 Å². The second-order valence-corrected chi connectivity index (χ2v) is 11.5. The number of hydrogen-bond acceptors (Lipinski definition) is 2. The number of hydrogen-bond donors (Lipinski definition) is 0. The van der Waals surface area contributed by atoms with Crippen LogP contribution >= 0.6 is 0 Å². The molecule has 0 saturated heterocycles. The summed E-state index contributed by atoms with van der Waals surface area (Å²) in [7, 11) is 0. The van der Waals surface area contributed by atoms with Crippen LogP contribution in [0.1, 0.15) is 0 Å². The van der Waals surface area contributed by atoms with Crippen molar-refractivity contribution in [3.63, 3.8) is 0 Å². The van der Waals surface area contributed by atoms with Gasteiger partial charge in [0.05, 0.1) is 28.4 Å². The lowest BCUT2D eigenvalue weighted by atomic mass is 9.92. The average molecular weight is 589 g/mol. The summed E-state index contributed by atoms with van der Waals surface area (Å²) >= 11 is 0. The number of imidazole rings is 1. The quantitative estimate of drug-likeness (QED) is 0.200. The van der Waals surface area contributed by atoms with E-state index in [1.165, 1.54) is 10.8 Å². The van der Waals surface area contributed by atoms with Gasteiger partial charge in [0, 0.05) is 33.3 Å². The molecule has 0 aliphatic heterocycles. The second kappa shape index (κ2) is 10.7. The Hall–Kier alpha value is -6.26. The van der Waals surface area contributed by atoms with Crippen LogP contribution in [0.4, 0.5) is 0 Å². The number of para-hydroxylation sites is 3. The average Bonchev–Trinajstić information content (AvgIpc) is 3.75. The molecule has 0 fully saturated rings. The summed E-state index contributed by atoms with van der Waals surface area (Å²) in [5.74, 6) is 0.919. The van der Waals surface area contributed by atoms with E-state index < -0.39 is 0 Å². The molecule has 3 heterocycles. The van der Waals surface area contributed by atoms with E-state index in [-0.39, 0.29) is 0 Å². The van der Waals surface area contributed by atoms with E-state index in [1.54, 1.807) is 0 Å². The van der Waals surface area contributed by atoms with Gasteiger partial charge < -0.3 is 0 Å². The highest BCUT2D eigenvalue weighted by Crippen LogP contribution is 2.43. The molecule has 216 valence electrons. The Morgan fingerprint density at radius 1 is 0.457 bits per heavy atom. The highest BCUT2D eigenvalue weighted by Gasteiger charge is 2.22. The molecule has 9 rings (SSSR count). The Bertz CT molecular complexity index is 2490. The van der Waals surface area contributed by atoms with Crippen molar-refractivity contribution in [2.24, 2.45) is 0 Å². The highest BCUT2D eigenvalue weighted by molar-refractivity contribution is 6.13. The van der Waals surface area contributed by atoms with Gasteiger partial charge in [0.15, 0.2) is 0 Å². The van der Waals surface area contributed by atoms with Gasteiger partial charge in [-0.3, -0.25) is 4.57 Å². The molecule has 4 heteroatoms. The zero-order chi connectivity index (χ0) is 30.5. The van der Waals surface area contributed by atoms with E-state index in [1.807, 2.05) is 18.3 Å². The van der Waals surface area contributed by atoms with Crippen molar-refractivity contribution in [1.29, 1.82) is 0 Å². The molecule has 6 aromatic carbocycles. The van der Waals surface area contributed by atoms with Crippen LogP contribution in [0.25, 0.3) is 77.9 Å². The van der Waals surface area contributed by atoms with E-state index in [9.17, 15) is 0 Å². The molecule has 0 spiro atoms. The molecule has 0 amide bonds. The highest BCUT2D eigenvalue weighted by atomic mass is 15.2. The summed E-state index contributed by atoms with van der Waals surface area (Å²) in [4.78, 5) is 5.10. The molecule has 0 N–H and O–H groups in total. The van der Waals surface area contributed by atoms with Gasteiger partial charge in [-0.1, -0.05) is 140 Å². The van der Waals surface area contributed by atoms with Crippen LogP contribution in [0.15, 0.2) is 170 Å². The van der Waals surface area contributed by atoms with Gasteiger partial charge in [-0.15, -0.1) is 0 Å². The largest absolute Gasteiger partial charge is 0.292 e. The van der Waals surface area contributed by atoms with Crippen molar-refractivity contribution in [2.45, 2.75) is 0 Å². The second-order valence-electron chi connectivity index (χ2n) is 11.5. The van der Waals surface area contributed by atoms with E-state index in [4.69, 9.17) is 10.1 Å². The van der Waals surface area contributed by atoms with Gasteiger partial charge in [-0.2, -0.15) is 5.10 Å². The first kappa shape index (κ1) is 26.2. The van der Waals surface area contributed by atoms with Gasteiger partial charge in [0.2, 0.25) is 0 Å². The summed E-state index contributed by atoms with van der Waals surface area (Å²) in [6, 6.07) is 57.5. The molecular weight excluding hydrogens is 560 g/mol. The maximum absolute atomic E-state index is 5.10. The minimum Gasteiger partial charge on any atom is -0.292 e. The van der Waals surface area contributed by atoms with Crippen molar-refractivity contribution in [3.05, 3.63) is 170 Å². The fourth-order valence-corrected chi connectivity index (χ4v) is 6.75. The Balaban J connectivity index is 1.29. The first-order chi connectivity index (χ1) is 22.8. The van der Waals surface area contributed by atoms with E-state index in [0.717, 1.165) is 67.1 Å². The topological polar surface area (TPSA) is 35.1 Å². The molecule has 0 aliphatic rings. The predicted molar refractivity (Wildman–Crippen MR) is 189 cm³/mol. The van der Waals surface area contributed by atoms with Crippen molar-refractivity contribution in [3.8, 4) is 50.6 Å². The Morgan fingerprint density at radius 2 is 1.04 bits per heavy atom. The summed E-state index contributed by atoms with van der Waals surface area (Å²) in [6.45, 7) is 0. The minimum atomic E-state index is 0.919. The molecule has 0 unspecified atom stereocenters. The van der Waals surface area contributed by atoms with Gasteiger partial charge in [-0.25, -0.2) is 9.50 Å². The Morgan fingerprint density at radius 3 is 1.78 bits per heavy atom. The summed E-state index contributed by atoms with van der Waals surface area (Å²) in [5.41, 5.74) is 12.1. The summed E-state index contributed by atoms with van der Waals surface area (Å²) < 4.78 is 4.38. The van der Waals surface area contributed by atoms with Crippen LogP contribution < -0.4 is 0 Å². The number of rotatable bonds is 5. The van der Waals surface area contributed by atoms with Crippen LogP contribution in [0, 0.1) is 0 Å². The SMILES string of the molecule is c1ccc(-c2cnn3c(-c4ccccc4)c(-c4ccc(-c5nc6ccccc6n5-c5ccccc5)cc4)c4ccccc4c23)cc1. The van der Waals surface area contributed by atoms with Gasteiger partial charge >= 0.3 is 0 Å². The molecular formula is C42H28N4. The normalized spacial score (nSPS) is 11.5. The van der Waals surface area contributed by atoms with Crippen molar-refractivity contribution < 1.29 is 0 Å². The Kier molecular flexibility index (Phi) is 6.10. The van der Waals surface area contributed by atoms with Crippen molar-refractivity contribution in [1.82, 2.24) is 19.2 Å². The summed E-state index contributed by atoms with van der Waals surface area (Å²) in [6.07, 6.45) is 2.00. The van der Waals surface area contributed by atoms with Gasteiger partial charge in [0.25, 0.3) is 0 Å². The lowest BCUT2D eigenvalue weighted by Crippen LogP contribution is -2.00. The third kappa shape index (κ3) is 4.15. The number of pyridine rings is 1. The standard InChI is InChI=1S/C42H28N4/c1-4-14-29(15-5-1)36-28-43-46-40(31-16-6-2-7-17-31)39(34-20-10-11-21-35(34)41(36)46)30-24-26-32(27-25-30)42-44-37-22-12-13-23-38(37)45(42)33-18-8-3-9-19-33/h1-28H. The molecule has 0 aliphatic carbocycles. The fraction of sp³-hybridized carbons (Fsp3) is 0. The van der Waals surface area contributed by atoms with E-state index >= 15 is 0 Å². The van der Waals surface area contributed by atoms with Gasteiger partial charge in [0.1, 0.15) is 5.82 Å². The maximum Gasteiger partial charge on any atom is 0.145 e. The molecule has 3 aromatic heterocycles. The minimum absolute atomic E-state index is 0.919. The first-order valence-corrected chi connectivity index (χ1v) is 15.5.